The summed E-state index contributed by atoms with van der Waals surface area (Å²) in [6.45, 7) is 1.90. The van der Waals surface area contributed by atoms with E-state index in [1.165, 1.54) is 0 Å². The van der Waals surface area contributed by atoms with Crippen molar-refractivity contribution in [3.63, 3.8) is 0 Å². The molecule has 0 aliphatic heterocycles. The van der Waals surface area contributed by atoms with Crippen LogP contribution in [0.4, 0.5) is 13.2 Å². The fourth-order valence-electron chi connectivity index (χ4n) is 2.01. The van der Waals surface area contributed by atoms with Gasteiger partial charge in [0.05, 0.1) is 16.6 Å². The molecule has 1 heterocycles. The maximum absolute atomic E-state index is 13.7. The number of hydrogen-bond acceptors (Lipinski definition) is 1. The van der Waals surface area contributed by atoms with Gasteiger partial charge in [-0.3, -0.25) is 0 Å². The Morgan fingerprint density at radius 3 is 2.37 bits per heavy atom. The number of fused-ring (bicyclic) bond motifs is 1. The number of nitrogens with zero attached hydrogens (tertiary/aromatic N) is 1. The molecule has 0 amide bonds. The Balaban J connectivity index is 2.24. The standard InChI is InChI=1S/C14H9F3N2/c1-7-2-3-11-12(4-7)19-14(18-11)13-9(16)5-8(15)6-10(13)17/h2-6H,1H3,(H,18,19). The number of imidazole rings is 1. The van der Waals surface area contributed by atoms with Crippen molar-refractivity contribution < 1.29 is 13.2 Å². The van der Waals surface area contributed by atoms with Crippen LogP contribution >= 0.6 is 0 Å². The average molecular weight is 262 g/mol. The molecule has 0 fully saturated rings. The molecular weight excluding hydrogens is 253 g/mol. The Morgan fingerprint density at radius 2 is 1.68 bits per heavy atom. The van der Waals surface area contributed by atoms with Gasteiger partial charge in [-0.25, -0.2) is 18.2 Å². The van der Waals surface area contributed by atoms with Crippen LogP contribution in [0.1, 0.15) is 5.56 Å². The number of aromatic nitrogens is 2. The highest BCUT2D eigenvalue weighted by molar-refractivity contribution is 5.80. The molecule has 0 saturated heterocycles. The fourth-order valence-corrected chi connectivity index (χ4v) is 2.01. The number of halogens is 3. The molecule has 1 aromatic heterocycles. The predicted molar refractivity (Wildman–Crippen MR) is 66.1 cm³/mol. The van der Waals surface area contributed by atoms with E-state index >= 15 is 0 Å². The van der Waals surface area contributed by atoms with E-state index in [0.29, 0.717) is 23.2 Å². The molecule has 3 rings (SSSR count). The molecule has 96 valence electrons. The second-order valence-corrected chi connectivity index (χ2v) is 4.35. The lowest BCUT2D eigenvalue weighted by atomic mass is 10.2. The van der Waals surface area contributed by atoms with Gasteiger partial charge in [0.25, 0.3) is 0 Å². The minimum atomic E-state index is -0.978. The minimum Gasteiger partial charge on any atom is -0.338 e. The van der Waals surface area contributed by atoms with Crippen LogP contribution in [0.5, 0.6) is 0 Å². The Labute approximate surface area is 106 Å². The summed E-state index contributed by atoms with van der Waals surface area (Å²) in [5.74, 6) is -2.86. The fraction of sp³-hybridized carbons (Fsp3) is 0.0714. The van der Waals surface area contributed by atoms with Gasteiger partial charge in [-0.2, -0.15) is 0 Å². The maximum Gasteiger partial charge on any atom is 0.144 e. The zero-order valence-corrected chi connectivity index (χ0v) is 9.97. The highest BCUT2D eigenvalue weighted by Crippen LogP contribution is 2.27. The first-order valence-electron chi connectivity index (χ1n) is 5.66. The van der Waals surface area contributed by atoms with Crippen LogP contribution in [-0.4, -0.2) is 9.97 Å². The molecule has 19 heavy (non-hydrogen) atoms. The van der Waals surface area contributed by atoms with Gasteiger partial charge in [0.15, 0.2) is 0 Å². The van der Waals surface area contributed by atoms with Crippen molar-refractivity contribution in [1.29, 1.82) is 0 Å². The number of hydrogen-bond donors (Lipinski definition) is 1. The van der Waals surface area contributed by atoms with Gasteiger partial charge >= 0.3 is 0 Å². The quantitative estimate of drug-likeness (QED) is 0.706. The topological polar surface area (TPSA) is 28.7 Å². The highest BCUT2D eigenvalue weighted by atomic mass is 19.1. The summed E-state index contributed by atoms with van der Waals surface area (Å²) in [7, 11) is 0. The summed E-state index contributed by atoms with van der Waals surface area (Å²) in [5.41, 5.74) is 1.93. The van der Waals surface area contributed by atoms with Crippen LogP contribution in [0, 0.1) is 24.4 Å². The van der Waals surface area contributed by atoms with Crippen LogP contribution in [0.3, 0.4) is 0 Å². The Morgan fingerprint density at radius 1 is 1.00 bits per heavy atom. The van der Waals surface area contributed by atoms with Crippen molar-refractivity contribution in [2.45, 2.75) is 6.92 Å². The number of aryl methyl sites for hydroxylation is 1. The van der Waals surface area contributed by atoms with Crippen LogP contribution in [-0.2, 0) is 0 Å². The van der Waals surface area contributed by atoms with Crippen molar-refractivity contribution >= 4 is 11.0 Å². The maximum atomic E-state index is 13.7. The van der Waals surface area contributed by atoms with Crippen molar-refractivity contribution in [3.8, 4) is 11.4 Å². The first-order chi connectivity index (χ1) is 9.04. The average Bonchev–Trinajstić information content (AvgIpc) is 2.69. The first kappa shape index (κ1) is 11.8. The highest BCUT2D eigenvalue weighted by Gasteiger charge is 2.16. The monoisotopic (exact) mass is 262 g/mol. The van der Waals surface area contributed by atoms with E-state index in [1.54, 1.807) is 6.07 Å². The zero-order chi connectivity index (χ0) is 13.6. The molecule has 0 atom stereocenters. The summed E-state index contributed by atoms with van der Waals surface area (Å²) >= 11 is 0. The lowest BCUT2D eigenvalue weighted by Crippen LogP contribution is -1.93. The predicted octanol–water partition coefficient (Wildman–Crippen LogP) is 3.96. The molecule has 2 nitrogen and oxygen atoms in total. The number of aromatic amines is 1. The van der Waals surface area contributed by atoms with E-state index in [9.17, 15) is 13.2 Å². The number of H-pyrrole nitrogens is 1. The smallest absolute Gasteiger partial charge is 0.144 e. The van der Waals surface area contributed by atoms with Crippen molar-refractivity contribution in [1.82, 2.24) is 9.97 Å². The number of benzene rings is 2. The Bertz CT molecular complexity index is 754. The second kappa shape index (κ2) is 4.12. The van der Waals surface area contributed by atoms with E-state index in [-0.39, 0.29) is 11.4 Å². The number of rotatable bonds is 1. The van der Waals surface area contributed by atoms with Gasteiger partial charge in [-0.05, 0) is 24.6 Å². The molecule has 0 aliphatic carbocycles. The molecule has 0 saturated carbocycles. The molecule has 0 aliphatic rings. The molecule has 0 radical (unpaired) electrons. The van der Waals surface area contributed by atoms with E-state index in [0.717, 1.165) is 5.56 Å². The summed E-state index contributed by atoms with van der Waals surface area (Å²) in [6.07, 6.45) is 0. The van der Waals surface area contributed by atoms with E-state index in [1.807, 2.05) is 19.1 Å². The molecule has 3 aromatic rings. The van der Waals surface area contributed by atoms with Crippen LogP contribution in [0.15, 0.2) is 30.3 Å². The summed E-state index contributed by atoms with van der Waals surface area (Å²) in [5, 5.41) is 0. The van der Waals surface area contributed by atoms with Crippen LogP contribution < -0.4 is 0 Å². The van der Waals surface area contributed by atoms with E-state index in [4.69, 9.17) is 0 Å². The van der Waals surface area contributed by atoms with Gasteiger partial charge in [0.1, 0.15) is 23.3 Å². The Hall–Kier alpha value is -2.30. The van der Waals surface area contributed by atoms with Gasteiger partial charge < -0.3 is 4.98 Å². The molecular formula is C14H9F3N2. The third kappa shape index (κ3) is 1.97. The molecule has 0 spiro atoms. The zero-order valence-electron chi connectivity index (χ0n) is 9.97. The summed E-state index contributed by atoms with van der Waals surface area (Å²) in [4.78, 5) is 6.96. The number of nitrogens with one attached hydrogen (secondary N) is 1. The van der Waals surface area contributed by atoms with Gasteiger partial charge in [0, 0.05) is 12.1 Å². The van der Waals surface area contributed by atoms with E-state index in [2.05, 4.69) is 9.97 Å². The normalized spacial score (nSPS) is 11.2. The van der Waals surface area contributed by atoms with Gasteiger partial charge in [-0.15, -0.1) is 0 Å². The van der Waals surface area contributed by atoms with Crippen molar-refractivity contribution in [2.24, 2.45) is 0 Å². The lowest BCUT2D eigenvalue weighted by Gasteiger charge is -2.01. The Kier molecular flexibility index (Phi) is 2.55. The molecule has 0 unspecified atom stereocenters. The first-order valence-corrected chi connectivity index (χ1v) is 5.66. The lowest BCUT2D eigenvalue weighted by molar-refractivity contribution is 0.547. The van der Waals surface area contributed by atoms with Crippen molar-refractivity contribution in [3.05, 3.63) is 53.3 Å². The third-order valence-corrected chi connectivity index (χ3v) is 2.88. The largest absolute Gasteiger partial charge is 0.338 e. The van der Waals surface area contributed by atoms with Crippen LogP contribution in [0.2, 0.25) is 0 Å². The van der Waals surface area contributed by atoms with Gasteiger partial charge in [0.2, 0.25) is 0 Å². The summed E-state index contributed by atoms with van der Waals surface area (Å²) in [6, 6.07) is 6.70. The van der Waals surface area contributed by atoms with E-state index < -0.39 is 17.5 Å². The molecule has 0 bridgehead atoms. The van der Waals surface area contributed by atoms with Crippen molar-refractivity contribution in [2.75, 3.05) is 0 Å². The molecule has 1 N–H and O–H groups in total. The second-order valence-electron chi connectivity index (χ2n) is 4.35. The molecule has 2 aromatic carbocycles. The molecule has 5 heteroatoms. The SMILES string of the molecule is Cc1ccc2nc(-c3c(F)cc(F)cc3F)[nH]c2c1. The van der Waals surface area contributed by atoms with Crippen LogP contribution in [0.25, 0.3) is 22.4 Å². The summed E-state index contributed by atoms with van der Waals surface area (Å²) < 4.78 is 40.2. The van der Waals surface area contributed by atoms with Gasteiger partial charge in [-0.1, -0.05) is 6.07 Å². The third-order valence-electron chi connectivity index (χ3n) is 2.88. The minimum absolute atomic E-state index is 0.0515.